The molecule has 0 spiro atoms. The average molecular weight is 230 g/mol. The van der Waals surface area contributed by atoms with Gasteiger partial charge in [0.15, 0.2) is 0 Å². The largest absolute Gasteiger partial charge is 0.368 e. The minimum absolute atomic E-state index is 0.237. The van der Waals surface area contributed by atoms with Crippen molar-refractivity contribution in [3.8, 4) is 11.4 Å². The molecule has 86 valence electrons. The van der Waals surface area contributed by atoms with Gasteiger partial charge in [-0.25, -0.2) is 4.68 Å². The summed E-state index contributed by atoms with van der Waals surface area (Å²) in [6, 6.07) is 8.25. The second kappa shape index (κ2) is 4.56. The molecule has 2 heterocycles. The van der Waals surface area contributed by atoms with Gasteiger partial charge in [-0.1, -0.05) is 6.07 Å². The van der Waals surface area contributed by atoms with Gasteiger partial charge < -0.3 is 5.73 Å². The van der Waals surface area contributed by atoms with E-state index in [0.29, 0.717) is 11.4 Å². The van der Waals surface area contributed by atoms with Gasteiger partial charge in [0, 0.05) is 12.3 Å². The zero-order chi connectivity index (χ0) is 12.3. The first-order valence-corrected chi connectivity index (χ1v) is 4.95. The first-order chi connectivity index (χ1) is 8.16. The van der Waals surface area contributed by atoms with E-state index >= 15 is 0 Å². The molecule has 0 aliphatic heterocycles. The molecule has 0 aliphatic rings. The summed E-state index contributed by atoms with van der Waals surface area (Å²) in [7, 11) is 0. The second-order valence-corrected chi connectivity index (χ2v) is 3.40. The van der Waals surface area contributed by atoms with Crippen LogP contribution in [0, 0.1) is 0 Å². The number of aromatic nitrogens is 3. The smallest absolute Gasteiger partial charge is 0.267 e. The predicted molar refractivity (Wildman–Crippen MR) is 60.9 cm³/mol. The van der Waals surface area contributed by atoms with Crippen LogP contribution in [0.25, 0.3) is 11.4 Å². The van der Waals surface area contributed by atoms with E-state index in [-0.39, 0.29) is 12.1 Å². The number of hydrogen-bond acceptors (Lipinski definition) is 4. The van der Waals surface area contributed by atoms with Crippen molar-refractivity contribution in [2.24, 2.45) is 5.73 Å². The number of rotatable bonds is 3. The summed E-state index contributed by atoms with van der Waals surface area (Å²) in [6.45, 7) is -0.237. The van der Waals surface area contributed by atoms with Crippen molar-refractivity contribution in [2.45, 2.75) is 6.54 Å². The molecule has 6 heteroatoms. The quantitative estimate of drug-likeness (QED) is 0.789. The van der Waals surface area contributed by atoms with Crippen molar-refractivity contribution in [3.05, 3.63) is 46.9 Å². The molecule has 2 aromatic rings. The van der Waals surface area contributed by atoms with Crippen molar-refractivity contribution < 1.29 is 4.79 Å². The van der Waals surface area contributed by atoms with Gasteiger partial charge in [-0.05, 0) is 18.2 Å². The zero-order valence-electron chi connectivity index (χ0n) is 8.91. The third-order valence-corrected chi connectivity index (χ3v) is 2.10. The molecule has 2 N–H and O–H groups in total. The Labute approximate surface area is 96.7 Å². The van der Waals surface area contributed by atoms with E-state index in [1.165, 1.54) is 6.07 Å². The topological polar surface area (TPSA) is 90.9 Å². The third-order valence-electron chi connectivity index (χ3n) is 2.10. The van der Waals surface area contributed by atoms with Crippen molar-refractivity contribution in [3.63, 3.8) is 0 Å². The highest BCUT2D eigenvalue weighted by Gasteiger charge is 2.05. The monoisotopic (exact) mass is 230 g/mol. The molecule has 0 unspecified atom stereocenters. The van der Waals surface area contributed by atoms with E-state index in [2.05, 4.69) is 10.1 Å². The third kappa shape index (κ3) is 2.54. The minimum atomic E-state index is -0.613. The van der Waals surface area contributed by atoms with Crippen molar-refractivity contribution in [1.29, 1.82) is 0 Å². The summed E-state index contributed by atoms with van der Waals surface area (Å²) in [5.74, 6) is -0.613. The molecule has 17 heavy (non-hydrogen) atoms. The first-order valence-electron chi connectivity index (χ1n) is 4.95. The van der Waals surface area contributed by atoms with Crippen LogP contribution in [0.1, 0.15) is 0 Å². The van der Waals surface area contributed by atoms with Gasteiger partial charge in [-0.15, -0.1) is 0 Å². The Morgan fingerprint density at radius 2 is 2.06 bits per heavy atom. The van der Waals surface area contributed by atoms with Gasteiger partial charge in [0.05, 0.1) is 5.69 Å². The highest BCUT2D eigenvalue weighted by molar-refractivity contribution is 5.73. The average Bonchev–Trinajstić information content (AvgIpc) is 2.32. The van der Waals surface area contributed by atoms with E-state index in [1.54, 1.807) is 24.4 Å². The normalized spacial score (nSPS) is 10.1. The highest BCUT2D eigenvalue weighted by atomic mass is 16.2. The van der Waals surface area contributed by atoms with E-state index in [0.717, 1.165) is 4.68 Å². The van der Waals surface area contributed by atoms with Crippen LogP contribution in [-0.4, -0.2) is 20.7 Å². The second-order valence-electron chi connectivity index (χ2n) is 3.40. The Balaban J connectivity index is 2.44. The summed E-state index contributed by atoms with van der Waals surface area (Å²) >= 11 is 0. The molecule has 2 rings (SSSR count). The first kappa shape index (κ1) is 11.0. The van der Waals surface area contributed by atoms with Crippen LogP contribution in [0.5, 0.6) is 0 Å². The molecule has 0 fully saturated rings. The molecule has 0 saturated carbocycles. The molecule has 0 saturated heterocycles. The summed E-state index contributed by atoms with van der Waals surface area (Å²) in [5, 5.41) is 4.02. The van der Waals surface area contributed by atoms with E-state index < -0.39 is 5.91 Å². The highest BCUT2D eigenvalue weighted by Crippen LogP contribution is 2.10. The van der Waals surface area contributed by atoms with Crippen molar-refractivity contribution in [1.82, 2.24) is 14.8 Å². The van der Waals surface area contributed by atoms with E-state index in [4.69, 9.17) is 5.73 Å². The number of primary amides is 1. The lowest BCUT2D eigenvalue weighted by Gasteiger charge is -2.04. The van der Waals surface area contributed by atoms with Crippen LogP contribution >= 0.6 is 0 Å². The zero-order valence-corrected chi connectivity index (χ0v) is 8.91. The lowest BCUT2D eigenvalue weighted by molar-refractivity contribution is -0.118. The molecule has 0 aromatic carbocycles. The van der Waals surface area contributed by atoms with Gasteiger partial charge in [-0.3, -0.25) is 14.6 Å². The Morgan fingerprint density at radius 3 is 2.71 bits per heavy atom. The Bertz CT molecular complexity index is 592. The molecule has 0 bridgehead atoms. The van der Waals surface area contributed by atoms with Crippen LogP contribution in [0.4, 0.5) is 0 Å². The molecule has 1 amide bonds. The number of carbonyl (C=O) groups is 1. The fourth-order valence-electron chi connectivity index (χ4n) is 1.36. The number of nitrogens with two attached hydrogens (primary N) is 1. The molecular formula is C11H10N4O2. The standard InChI is InChI=1S/C11H10N4O2/c12-10(16)7-15-11(17)5-4-9(14-15)8-3-1-2-6-13-8/h1-6H,7H2,(H2,12,16). The minimum Gasteiger partial charge on any atom is -0.368 e. The number of nitrogens with zero attached hydrogens (tertiary/aromatic N) is 3. The number of amides is 1. The van der Waals surface area contributed by atoms with Crippen LogP contribution in [0.3, 0.4) is 0 Å². The van der Waals surface area contributed by atoms with Crippen LogP contribution in [-0.2, 0) is 11.3 Å². The van der Waals surface area contributed by atoms with Crippen molar-refractivity contribution in [2.75, 3.05) is 0 Å². The van der Waals surface area contributed by atoms with Gasteiger partial charge in [0.2, 0.25) is 5.91 Å². The number of pyridine rings is 1. The summed E-state index contributed by atoms with van der Waals surface area (Å²) in [4.78, 5) is 26.3. The van der Waals surface area contributed by atoms with Crippen molar-refractivity contribution >= 4 is 5.91 Å². The maximum Gasteiger partial charge on any atom is 0.267 e. The van der Waals surface area contributed by atoms with Crippen LogP contribution in [0.2, 0.25) is 0 Å². The van der Waals surface area contributed by atoms with Gasteiger partial charge in [-0.2, -0.15) is 5.10 Å². The lowest BCUT2D eigenvalue weighted by Crippen LogP contribution is -2.29. The Kier molecular flexibility index (Phi) is 2.95. The molecule has 0 radical (unpaired) electrons. The summed E-state index contributed by atoms with van der Waals surface area (Å²) in [5.41, 5.74) is 5.81. The molecule has 0 aliphatic carbocycles. The lowest BCUT2D eigenvalue weighted by atomic mass is 10.2. The van der Waals surface area contributed by atoms with E-state index in [1.807, 2.05) is 6.07 Å². The molecule has 6 nitrogen and oxygen atoms in total. The van der Waals surface area contributed by atoms with Gasteiger partial charge in [0.1, 0.15) is 12.2 Å². The number of carbonyl (C=O) groups excluding carboxylic acids is 1. The number of hydrogen-bond donors (Lipinski definition) is 1. The molecular weight excluding hydrogens is 220 g/mol. The van der Waals surface area contributed by atoms with Gasteiger partial charge >= 0.3 is 0 Å². The predicted octanol–water partition coefficient (Wildman–Crippen LogP) is -0.209. The fourth-order valence-corrected chi connectivity index (χ4v) is 1.36. The summed E-state index contributed by atoms with van der Waals surface area (Å²) in [6.07, 6.45) is 1.63. The molecule has 2 aromatic heterocycles. The Morgan fingerprint density at radius 1 is 1.24 bits per heavy atom. The van der Waals surface area contributed by atoms with Gasteiger partial charge in [0.25, 0.3) is 5.56 Å². The van der Waals surface area contributed by atoms with Crippen LogP contribution < -0.4 is 11.3 Å². The summed E-state index contributed by atoms with van der Waals surface area (Å²) < 4.78 is 1.02. The fraction of sp³-hybridized carbons (Fsp3) is 0.0909. The maximum absolute atomic E-state index is 11.4. The SMILES string of the molecule is NC(=O)Cn1nc(-c2ccccn2)ccc1=O. The van der Waals surface area contributed by atoms with E-state index in [9.17, 15) is 9.59 Å². The van der Waals surface area contributed by atoms with Crippen LogP contribution in [0.15, 0.2) is 41.3 Å². The maximum atomic E-state index is 11.4. The molecule has 0 atom stereocenters. The Hall–Kier alpha value is -2.50.